The Balaban J connectivity index is 1.67. The summed E-state index contributed by atoms with van der Waals surface area (Å²) in [6, 6.07) is 3.78. The molecule has 0 aromatic carbocycles. The van der Waals surface area contributed by atoms with Crippen LogP contribution in [0.25, 0.3) is 10.8 Å². The minimum atomic E-state index is -0.379. The number of furan rings is 1. The van der Waals surface area contributed by atoms with E-state index < -0.39 is 0 Å². The maximum absolute atomic E-state index is 12.1. The number of carbonyl (C=O) groups is 1. The van der Waals surface area contributed by atoms with E-state index in [4.69, 9.17) is 4.42 Å². The number of amides is 1. The molecule has 1 amide bonds. The normalized spacial score (nSPS) is 18.7. The van der Waals surface area contributed by atoms with Crippen molar-refractivity contribution >= 4 is 17.2 Å². The molecule has 3 rings (SSSR count). The largest absolute Gasteiger partial charge is 0.459 e. The molecule has 0 bridgehead atoms. The zero-order valence-corrected chi connectivity index (χ0v) is 12.0. The summed E-state index contributed by atoms with van der Waals surface area (Å²) in [6.45, 7) is 2.96. The number of hydrogen-bond acceptors (Lipinski definition) is 5. The Morgan fingerprint density at radius 3 is 3.10 bits per heavy atom. The van der Waals surface area contributed by atoms with Crippen LogP contribution in [-0.2, 0) is 11.2 Å². The Morgan fingerprint density at radius 2 is 2.45 bits per heavy atom. The first kappa shape index (κ1) is 13.3. The number of aliphatic hydroxyl groups excluding tert-OH is 1. The molecule has 0 unspecified atom stereocenters. The Morgan fingerprint density at radius 1 is 1.60 bits per heavy atom. The Labute approximate surface area is 120 Å². The number of rotatable bonds is 3. The highest BCUT2D eigenvalue weighted by Crippen LogP contribution is 2.26. The van der Waals surface area contributed by atoms with Crippen LogP contribution in [0.2, 0.25) is 0 Å². The SMILES string of the molecule is Cc1ccc(-c2nc(CC(=O)N3CC[C@@H](O)C3)cs2)o1. The van der Waals surface area contributed by atoms with Crippen LogP contribution in [0.15, 0.2) is 21.9 Å². The number of hydrogen-bond donors (Lipinski definition) is 1. The molecule has 0 aliphatic carbocycles. The third-order valence-electron chi connectivity index (χ3n) is 3.35. The van der Waals surface area contributed by atoms with E-state index in [1.54, 1.807) is 4.90 Å². The molecule has 1 aliphatic rings. The lowest BCUT2D eigenvalue weighted by atomic mass is 10.3. The zero-order valence-electron chi connectivity index (χ0n) is 11.2. The number of thiazole rings is 1. The van der Waals surface area contributed by atoms with Gasteiger partial charge in [-0.2, -0.15) is 0 Å². The van der Waals surface area contributed by atoms with Crippen LogP contribution in [0.3, 0.4) is 0 Å². The summed E-state index contributed by atoms with van der Waals surface area (Å²) in [6.07, 6.45) is 0.568. The first-order valence-electron chi connectivity index (χ1n) is 6.59. The summed E-state index contributed by atoms with van der Waals surface area (Å²) in [5, 5.41) is 12.1. The maximum Gasteiger partial charge on any atom is 0.228 e. The molecule has 2 aromatic heterocycles. The van der Waals surface area contributed by atoms with Crippen LogP contribution >= 0.6 is 11.3 Å². The molecule has 1 atom stereocenters. The fraction of sp³-hybridized carbons (Fsp3) is 0.429. The van der Waals surface area contributed by atoms with Crippen molar-refractivity contribution in [1.82, 2.24) is 9.88 Å². The fourth-order valence-electron chi connectivity index (χ4n) is 2.29. The number of nitrogens with zero attached hydrogens (tertiary/aromatic N) is 2. The molecular weight excluding hydrogens is 276 g/mol. The van der Waals surface area contributed by atoms with E-state index in [2.05, 4.69) is 4.98 Å². The topological polar surface area (TPSA) is 66.6 Å². The van der Waals surface area contributed by atoms with Gasteiger partial charge in [-0.15, -0.1) is 11.3 Å². The van der Waals surface area contributed by atoms with Crippen LogP contribution in [0.5, 0.6) is 0 Å². The van der Waals surface area contributed by atoms with Crippen molar-refractivity contribution in [2.75, 3.05) is 13.1 Å². The molecule has 1 aliphatic heterocycles. The second-order valence-electron chi connectivity index (χ2n) is 5.01. The number of aryl methyl sites for hydroxylation is 1. The van der Waals surface area contributed by atoms with Gasteiger partial charge in [0.15, 0.2) is 10.8 Å². The second kappa shape index (κ2) is 5.38. The predicted molar refractivity (Wildman–Crippen MR) is 75.5 cm³/mol. The van der Waals surface area contributed by atoms with Gasteiger partial charge in [0.2, 0.25) is 5.91 Å². The van der Waals surface area contributed by atoms with Gasteiger partial charge in [-0.1, -0.05) is 0 Å². The Hall–Kier alpha value is -1.66. The van der Waals surface area contributed by atoms with Gasteiger partial charge in [-0.05, 0) is 25.5 Å². The first-order valence-corrected chi connectivity index (χ1v) is 7.47. The Kier molecular flexibility index (Phi) is 3.58. The lowest BCUT2D eigenvalue weighted by Gasteiger charge is -2.14. The van der Waals surface area contributed by atoms with Gasteiger partial charge in [0.25, 0.3) is 0 Å². The molecule has 0 radical (unpaired) electrons. The molecular formula is C14H16N2O3S. The van der Waals surface area contributed by atoms with Crippen LogP contribution in [-0.4, -0.2) is 40.1 Å². The predicted octanol–water partition coefficient (Wildman–Crippen LogP) is 1.85. The van der Waals surface area contributed by atoms with E-state index >= 15 is 0 Å². The van der Waals surface area contributed by atoms with Crippen LogP contribution in [0, 0.1) is 6.92 Å². The third-order valence-corrected chi connectivity index (χ3v) is 4.26. The number of aliphatic hydroxyl groups is 1. The van der Waals surface area contributed by atoms with Gasteiger partial charge in [-0.3, -0.25) is 4.79 Å². The average Bonchev–Trinajstić information content (AvgIpc) is 3.10. The summed E-state index contributed by atoms with van der Waals surface area (Å²) in [5.74, 6) is 1.61. The van der Waals surface area contributed by atoms with Crippen molar-refractivity contribution in [3.8, 4) is 10.8 Å². The highest BCUT2D eigenvalue weighted by Gasteiger charge is 2.25. The third kappa shape index (κ3) is 2.76. The summed E-state index contributed by atoms with van der Waals surface area (Å²) >= 11 is 1.48. The number of β-amino-alcohol motifs (C(OH)–C–C–N with tert-alkyl or cyclic N) is 1. The minimum absolute atomic E-state index is 0.0222. The van der Waals surface area contributed by atoms with Crippen molar-refractivity contribution in [3.05, 3.63) is 29.0 Å². The van der Waals surface area contributed by atoms with Gasteiger partial charge in [0, 0.05) is 18.5 Å². The van der Waals surface area contributed by atoms with E-state index in [9.17, 15) is 9.90 Å². The first-order chi connectivity index (χ1) is 9.61. The number of likely N-dealkylation sites (tertiary alicyclic amines) is 1. The van der Waals surface area contributed by atoms with Crippen LogP contribution < -0.4 is 0 Å². The second-order valence-corrected chi connectivity index (χ2v) is 5.87. The standard InChI is InChI=1S/C14H16N2O3S/c1-9-2-3-12(19-9)14-15-10(8-20-14)6-13(18)16-5-4-11(17)7-16/h2-3,8,11,17H,4-7H2,1H3/t11-/m1/s1. The molecule has 3 heterocycles. The van der Waals surface area contributed by atoms with Gasteiger partial charge in [-0.25, -0.2) is 4.98 Å². The molecule has 0 spiro atoms. The van der Waals surface area contributed by atoms with Crippen molar-refractivity contribution in [2.24, 2.45) is 0 Å². The zero-order chi connectivity index (χ0) is 14.1. The minimum Gasteiger partial charge on any atom is -0.459 e. The lowest BCUT2D eigenvalue weighted by Crippen LogP contribution is -2.30. The highest BCUT2D eigenvalue weighted by molar-refractivity contribution is 7.13. The molecule has 20 heavy (non-hydrogen) atoms. The molecule has 5 nitrogen and oxygen atoms in total. The van der Waals surface area contributed by atoms with Crippen LogP contribution in [0.4, 0.5) is 0 Å². The quantitative estimate of drug-likeness (QED) is 0.937. The lowest BCUT2D eigenvalue weighted by molar-refractivity contribution is -0.129. The van der Waals surface area contributed by atoms with Gasteiger partial charge in [0.05, 0.1) is 18.2 Å². The van der Waals surface area contributed by atoms with Gasteiger partial charge in [0.1, 0.15) is 5.76 Å². The van der Waals surface area contributed by atoms with E-state index in [0.717, 1.165) is 22.2 Å². The van der Waals surface area contributed by atoms with Crippen molar-refractivity contribution in [3.63, 3.8) is 0 Å². The van der Waals surface area contributed by atoms with E-state index in [1.165, 1.54) is 11.3 Å². The molecule has 1 N–H and O–H groups in total. The van der Waals surface area contributed by atoms with Gasteiger partial charge < -0.3 is 14.4 Å². The Bertz CT molecular complexity index is 619. The smallest absolute Gasteiger partial charge is 0.228 e. The number of aromatic nitrogens is 1. The van der Waals surface area contributed by atoms with Gasteiger partial charge >= 0.3 is 0 Å². The fourth-order valence-corrected chi connectivity index (χ4v) is 3.07. The van der Waals surface area contributed by atoms with E-state index in [-0.39, 0.29) is 18.4 Å². The summed E-state index contributed by atoms with van der Waals surface area (Å²) in [4.78, 5) is 18.2. The molecule has 6 heteroatoms. The summed E-state index contributed by atoms with van der Waals surface area (Å²) in [7, 11) is 0. The van der Waals surface area contributed by atoms with Crippen molar-refractivity contribution in [2.45, 2.75) is 25.9 Å². The molecule has 0 saturated carbocycles. The van der Waals surface area contributed by atoms with E-state index in [1.807, 2.05) is 24.4 Å². The molecule has 1 fully saturated rings. The van der Waals surface area contributed by atoms with Crippen molar-refractivity contribution in [1.29, 1.82) is 0 Å². The maximum atomic E-state index is 12.1. The molecule has 2 aromatic rings. The molecule has 1 saturated heterocycles. The number of carbonyl (C=O) groups excluding carboxylic acids is 1. The highest BCUT2D eigenvalue weighted by atomic mass is 32.1. The average molecular weight is 292 g/mol. The van der Waals surface area contributed by atoms with Crippen LogP contribution in [0.1, 0.15) is 17.9 Å². The van der Waals surface area contributed by atoms with Crippen molar-refractivity contribution < 1.29 is 14.3 Å². The summed E-state index contributed by atoms with van der Waals surface area (Å²) in [5.41, 5.74) is 0.755. The monoisotopic (exact) mass is 292 g/mol. The summed E-state index contributed by atoms with van der Waals surface area (Å²) < 4.78 is 5.52. The van der Waals surface area contributed by atoms with E-state index in [0.29, 0.717) is 19.5 Å². The molecule has 106 valence electrons.